The molecule has 0 bridgehead atoms. The van der Waals surface area contributed by atoms with Gasteiger partial charge in [-0.15, -0.1) is 11.3 Å². The van der Waals surface area contributed by atoms with Crippen LogP contribution in [-0.4, -0.2) is 12.5 Å². The van der Waals surface area contributed by atoms with Crippen LogP contribution in [0.2, 0.25) is 0 Å². The molecule has 0 aliphatic heterocycles. The van der Waals surface area contributed by atoms with Crippen molar-refractivity contribution in [1.29, 1.82) is 5.26 Å². The van der Waals surface area contributed by atoms with Gasteiger partial charge in [0.15, 0.2) is 6.61 Å². The van der Waals surface area contributed by atoms with Crippen LogP contribution < -0.4 is 10.1 Å². The number of amides is 1. The van der Waals surface area contributed by atoms with Crippen LogP contribution in [0.5, 0.6) is 5.75 Å². The summed E-state index contributed by atoms with van der Waals surface area (Å²) in [6.45, 7) is 2.00. The number of carbonyl (C=O) groups is 1. The monoisotopic (exact) mass is 418 g/mol. The number of halogens is 1. The fraction of sp³-hybridized carbons (Fsp3) is 0.368. The molecule has 1 aliphatic carbocycles. The van der Waals surface area contributed by atoms with Gasteiger partial charge in [0, 0.05) is 4.88 Å². The smallest absolute Gasteiger partial charge is 0.262 e. The molecular weight excluding hydrogens is 400 g/mol. The maximum atomic E-state index is 12.2. The van der Waals surface area contributed by atoms with Crippen LogP contribution in [0.15, 0.2) is 22.7 Å². The molecule has 3 rings (SSSR count). The third-order valence-corrected chi connectivity index (χ3v) is 6.13. The molecule has 1 aliphatic rings. The Morgan fingerprint density at radius 1 is 1.40 bits per heavy atom. The highest BCUT2D eigenvalue weighted by Gasteiger charge is 2.21. The van der Waals surface area contributed by atoms with Gasteiger partial charge >= 0.3 is 0 Å². The molecule has 0 atom stereocenters. The minimum absolute atomic E-state index is 0.0858. The van der Waals surface area contributed by atoms with Crippen LogP contribution >= 0.6 is 27.3 Å². The van der Waals surface area contributed by atoms with Crippen molar-refractivity contribution in [3.05, 3.63) is 44.2 Å². The van der Waals surface area contributed by atoms with E-state index < -0.39 is 0 Å². The fourth-order valence-electron chi connectivity index (χ4n) is 2.96. The van der Waals surface area contributed by atoms with Gasteiger partial charge in [0.25, 0.3) is 5.91 Å². The largest absolute Gasteiger partial charge is 0.483 e. The first-order chi connectivity index (χ1) is 12.1. The van der Waals surface area contributed by atoms with Gasteiger partial charge in [0.1, 0.15) is 16.8 Å². The fourth-order valence-corrected chi connectivity index (χ4v) is 4.76. The molecule has 1 N–H and O–H groups in total. The number of benzene rings is 1. The summed E-state index contributed by atoms with van der Waals surface area (Å²) in [5.41, 5.74) is 2.95. The van der Waals surface area contributed by atoms with Crippen LogP contribution in [0.25, 0.3) is 0 Å². The van der Waals surface area contributed by atoms with E-state index in [0.717, 1.165) is 42.1 Å². The van der Waals surface area contributed by atoms with Crippen molar-refractivity contribution in [1.82, 2.24) is 0 Å². The minimum Gasteiger partial charge on any atom is -0.483 e. The number of hydrogen-bond donors (Lipinski definition) is 1. The van der Waals surface area contributed by atoms with E-state index in [1.807, 2.05) is 18.2 Å². The Labute approximate surface area is 159 Å². The van der Waals surface area contributed by atoms with Gasteiger partial charge in [-0.1, -0.05) is 13.0 Å². The Hall–Kier alpha value is -1.84. The number of rotatable bonds is 5. The van der Waals surface area contributed by atoms with Crippen LogP contribution in [0.3, 0.4) is 0 Å². The first-order valence-electron chi connectivity index (χ1n) is 8.38. The van der Waals surface area contributed by atoms with Crippen molar-refractivity contribution in [2.45, 2.75) is 39.0 Å². The number of carbonyl (C=O) groups excluding carboxylic acids is 1. The summed E-state index contributed by atoms with van der Waals surface area (Å²) >= 11 is 4.99. The maximum absolute atomic E-state index is 12.2. The lowest BCUT2D eigenvalue weighted by molar-refractivity contribution is -0.118. The molecule has 0 fully saturated rings. The lowest BCUT2D eigenvalue weighted by atomic mass is 9.96. The van der Waals surface area contributed by atoms with Crippen LogP contribution in [0, 0.1) is 11.3 Å². The number of thiophene rings is 1. The Kier molecular flexibility index (Phi) is 5.77. The van der Waals surface area contributed by atoms with Gasteiger partial charge in [-0.05, 0) is 71.3 Å². The molecule has 130 valence electrons. The van der Waals surface area contributed by atoms with E-state index in [0.29, 0.717) is 16.3 Å². The third kappa shape index (κ3) is 4.05. The second kappa shape index (κ2) is 8.03. The van der Waals surface area contributed by atoms with E-state index in [1.165, 1.54) is 21.8 Å². The molecule has 0 saturated carbocycles. The molecule has 0 radical (unpaired) electrons. The van der Waals surface area contributed by atoms with E-state index in [4.69, 9.17) is 4.74 Å². The average molecular weight is 419 g/mol. The predicted molar refractivity (Wildman–Crippen MR) is 103 cm³/mol. The SMILES string of the molecule is CCc1ccc(OCC(=O)Nc2sc3c(c2C#N)CCCC3)c(Br)c1. The van der Waals surface area contributed by atoms with Gasteiger partial charge in [0.05, 0.1) is 10.0 Å². The molecule has 0 saturated heterocycles. The zero-order chi connectivity index (χ0) is 17.8. The Morgan fingerprint density at radius 2 is 2.20 bits per heavy atom. The van der Waals surface area contributed by atoms with Gasteiger partial charge in [-0.3, -0.25) is 4.79 Å². The predicted octanol–water partition coefficient (Wildman–Crippen LogP) is 4.84. The number of fused-ring (bicyclic) bond motifs is 1. The molecule has 6 heteroatoms. The molecule has 0 spiro atoms. The molecule has 1 aromatic carbocycles. The van der Waals surface area contributed by atoms with E-state index >= 15 is 0 Å². The standard InChI is InChI=1S/C19H19BrN2O2S/c1-2-12-7-8-16(15(20)9-12)24-11-18(23)22-19-14(10-21)13-5-3-4-6-17(13)25-19/h7-9H,2-6,11H2,1H3,(H,22,23). The van der Waals surface area contributed by atoms with Crippen molar-refractivity contribution >= 4 is 38.2 Å². The molecule has 1 aromatic heterocycles. The van der Waals surface area contributed by atoms with Gasteiger partial charge < -0.3 is 10.1 Å². The molecular formula is C19H19BrN2O2S. The normalized spacial score (nSPS) is 13.0. The average Bonchev–Trinajstić information content (AvgIpc) is 2.97. The summed E-state index contributed by atoms with van der Waals surface area (Å²) in [6.07, 6.45) is 5.13. The number of nitrogens with one attached hydrogen (secondary N) is 1. The summed E-state index contributed by atoms with van der Waals surface area (Å²) in [7, 11) is 0. The van der Waals surface area contributed by atoms with Crippen molar-refractivity contribution < 1.29 is 9.53 Å². The molecule has 2 aromatic rings. The molecule has 1 amide bonds. The number of aryl methyl sites for hydroxylation is 2. The highest BCUT2D eigenvalue weighted by molar-refractivity contribution is 9.10. The van der Waals surface area contributed by atoms with E-state index in [1.54, 1.807) is 0 Å². The second-order valence-corrected chi connectivity index (χ2v) is 7.94. The summed E-state index contributed by atoms with van der Waals surface area (Å²) in [5, 5.41) is 12.9. The number of hydrogen-bond acceptors (Lipinski definition) is 4. The van der Waals surface area contributed by atoms with Crippen molar-refractivity contribution in [3.63, 3.8) is 0 Å². The topological polar surface area (TPSA) is 62.1 Å². The number of nitriles is 1. The molecule has 1 heterocycles. The molecule has 0 unspecified atom stereocenters. The first-order valence-corrected chi connectivity index (χ1v) is 9.99. The van der Waals surface area contributed by atoms with Crippen molar-refractivity contribution in [2.75, 3.05) is 11.9 Å². The van der Waals surface area contributed by atoms with Crippen molar-refractivity contribution in [2.24, 2.45) is 0 Å². The Balaban J connectivity index is 1.65. The van der Waals surface area contributed by atoms with E-state index in [9.17, 15) is 10.1 Å². The second-order valence-electron chi connectivity index (χ2n) is 5.98. The summed E-state index contributed by atoms with van der Waals surface area (Å²) < 4.78 is 6.45. The van der Waals surface area contributed by atoms with Gasteiger partial charge in [-0.2, -0.15) is 5.26 Å². The highest BCUT2D eigenvalue weighted by atomic mass is 79.9. The lowest BCUT2D eigenvalue weighted by Gasteiger charge is -2.10. The quantitative estimate of drug-likeness (QED) is 0.755. The maximum Gasteiger partial charge on any atom is 0.262 e. The lowest BCUT2D eigenvalue weighted by Crippen LogP contribution is -2.20. The number of nitrogens with zero attached hydrogens (tertiary/aromatic N) is 1. The van der Waals surface area contributed by atoms with Crippen LogP contribution in [0.1, 0.15) is 41.3 Å². The zero-order valence-corrected chi connectivity index (χ0v) is 16.4. The van der Waals surface area contributed by atoms with Crippen LogP contribution in [-0.2, 0) is 24.1 Å². The van der Waals surface area contributed by atoms with Gasteiger partial charge in [-0.25, -0.2) is 0 Å². The Bertz CT molecular complexity index is 839. The molecule has 4 nitrogen and oxygen atoms in total. The van der Waals surface area contributed by atoms with E-state index in [-0.39, 0.29) is 12.5 Å². The zero-order valence-electron chi connectivity index (χ0n) is 14.0. The minimum atomic E-state index is -0.249. The third-order valence-electron chi connectivity index (χ3n) is 4.30. The Morgan fingerprint density at radius 3 is 2.92 bits per heavy atom. The van der Waals surface area contributed by atoms with E-state index in [2.05, 4.69) is 34.2 Å². The van der Waals surface area contributed by atoms with Crippen molar-refractivity contribution in [3.8, 4) is 11.8 Å². The number of anilines is 1. The summed E-state index contributed by atoms with van der Waals surface area (Å²) in [6, 6.07) is 8.09. The van der Waals surface area contributed by atoms with Gasteiger partial charge in [0.2, 0.25) is 0 Å². The first kappa shape index (κ1) is 18.0. The summed E-state index contributed by atoms with van der Waals surface area (Å²) in [4.78, 5) is 13.5. The highest BCUT2D eigenvalue weighted by Crippen LogP contribution is 2.37. The van der Waals surface area contributed by atoms with Crippen LogP contribution in [0.4, 0.5) is 5.00 Å². The number of ether oxygens (including phenoxy) is 1. The summed E-state index contributed by atoms with van der Waals surface area (Å²) in [5.74, 6) is 0.389. The molecule has 25 heavy (non-hydrogen) atoms.